The van der Waals surface area contributed by atoms with Gasteiger partial charge in [-0.15, -0.1) is 0 Å². The number of quaternary nitrogens is 2. The van der Waals surface area contributed by atoms with Gasteiger partial charge in [0, 0.05) is 84.2 Å². The van der Waals surface area contributed by atoms with Crippen LogP contribution in [0.15, 0.2) is 0 Å². The van der Waals surface area contributed by atoms with Gasteiger partial charge in [-0.05, 0) is 6.16 Å². The molecule has 0 aliphatic carbocycles. The van der Waals surface area contributed by atoms with Crippen molar-refractivity contribution in [1.82, 2.24) is 0 Å². The molecule has 0 heterocycles. The number of carboxylic acid groups (broad SMARTS) is 2. The average molecular weight is 473 g/mol. The summed E-state index contributed by atoms with van der Waals surface area (Å²) in [5.41, 5.74) is 0. The van der Waals surface area contributed by atoms with Gasteiger partial charge in [0.1, 0.15) is 0 Å². The molecule has 0 aliphatic rings. The number of carbonyl (C=O) groups excluding carboxylic acids is 1. The van der Waals surface area contributed by atoms with E-state index >= 15 is 0 Å². The van der Waals surface area contributed by atoms with Crippen LogP contribution in [0.4, 0.5) is 4.79 Å². The number of hydrogen-bond donors (Lipinski definition) is 0. The second kappa shape index (κ2) is 17.4. The summed E-state index contributed by atoms with van der Waals surface area (Å²) in [5, 5.41) is 16.7. The van der Waals surface area contributed by atoms with Crippen LogP contribution in [0.2, 0.25) is 0 Å². The van der Waals surface area contributed by atoms with Crippen LogP contribution in [0.5, 0.6) is 0 Å². The molecule has 196 valence electrons. The zero-order valence-electron chi connectivity index (χ0n) is 22.5. The van der Waals surface area contributed by atoms with Crippen molar-refractivity contribution in [2.75, 3.05) is 56.8 Å². The Kier molecular flexibility index (Phi) is 19.4. The summed E-state index contributed by atoms with van der Waals surface area (Å²) < 4.78 is 33.4. The van der Waals surface area contributed by atoms with Crippen LogP contribution in [-0.4, -0.2) is 109 Å². The first-order valence-corrected chi connectivity index (χ1v) is 10.4. The van der Waals surface area contributed by atoms with Crippen LogP contribution in [0.1, 0.15) is 41.5 Å². The Morgan fingerprint density at radius 2 is 0.594 bits per heavy atom. The number of methoxy groups -OCH3 is 6. The number of nitrogens with zero attached hydrogens (tertiary/aromatic N) is 2. The number of ether oxygens (including phenoxy) is 6. The molecule has 0 amide bonds. The van der Waals surface area contributed by atoms with Crippen LogP contribution in [0, 0.1) is 0 Å². The van der Waals surface area contributed by atoms with Crippen LogP contribution in [0.25, 0.3) is 0 Å². The third-order valence-corrected chi connectivity index (χ3v) is 6.75. The monoisotopic (exact) mass is 472 g/mol. The average Bonchev–Trinajstić information content (AvgIpc) is 2.79. The summed E-state index contributed by atoms with van der Waals surface area (Å²) in [6.07, 6.45) is -2.17. The summed E-state index contributed by atoms with van der Waals surface area (Å²) in [6, 6.07) is 0. The zero-order valence-corrected chi connectivity index (χ0v) is 22.5. The Hall–Kier alpha value is -1.05. The summed E-state index contributed by atoms with van der Waals surface area (Å²) in [5.74, 6) is 0. The topological polar surface area (TPSA) is 119 Å². The van der Waals surface area contributed by atoms with Gasteiger partial charge in [-0.2, -0.15) is 0 Å². The molecule has 0 saturated carbocycles. The first kappa shape index (κ1) is 35.5. The fourth-order valence-electron chi connectivity index (χ4n) is 3.14. The minimum absolute atomic E-state index is 0.0277. The summed E-state index contributed by atoms with van der Waals surface area (Å²) in [6.45, 7) is 12.1. The van der Waals surface area contributed by atoms with E-state index in [-0.39, 0.29) is 37.4 Å². The number of carbonyl (C=O) groups is 1. The van der Waals surface area contributed by atoms with Crippen molar-refractivity contribution in [2.45, 2.75) is 78.9 Å². The minimum atomic E-state index is -2.33. The van der Waals surface area contributed by atoms with E-state index in [1.165, 1.54) is 0 Å². The quantitative estimate of drug-likeness (QED) is 0.293. The molecule has 0 rings (SSSR count). The molecule has 11 heteroatoms. The fourth-order valence-corrected chi connectivity index (χ4v) is 3.14. The zero-order chi connectivity index (χ0) is 26.3. The van der Waals surface area contributed by atoms with E-state index in [1.807, 2.05) is 41.5 Å². The molecule has 0 bridgehead atoms. The summed E-state index contributed by atoms with van der Waals surface area (Å²) in [4.78, 5) is 8.33. The third-order valence-electron chi connectivity index (χ3n) is 6.75. The van der Waals surface area contributed by atoms with Crippen LogP contribution in [0.3, 0.4) is 0 Å². The Balaban J connectivity index is -0.000000450. The van der Waals surface area contributed by atoms with E-state index in [4.69, 9.17) is 43.4 Å². The maximum Gasteiger partial charge on any atom is 0.193 e. The van der Waals surface area contributed by atoms with E-state index in [2.05, 4.69) is 14.1 Å². The molecule has 0 saturated heterocycles. The molecule has 0 N–H and O–H groups in total. The van der Waals surface area contributed by atoms with Gasteiger partial charge in [-0.3, -0.25) is 8.97 Å². The highest BCUT2D eigenvalue weighted by atomic mass is 16.6. The molecule has 32 heavy (non-hydrogen) atoms. The van der Waals surface area contributed by atoms with Crippen molar-refractivity contribution in [3.8, 4) is 0 Å². The first-order chi connectivity index (χ1) is 14.6. The van der Waals surface area contributed by atoms with Crippen LogP contribution >= 0.6 is 0 Å². The second-order valence-electron chi connectivity index (χ2n) is 7.70. The van der Waals surface area contributed by atoms with E-state index in [0.717, 1.165) is 0 Å². The molecule has 0 radical (unpaired) electrons. The molecule has 0 aromatic rings. The number of hydrogen-bond acceptors (Lipinski definition) is 9. The van der Waals surface area contributed by atoms with Gasteiger partial charge in [-0.1, -0.05) is 0 Å². The minimum Gasteiger partial charge on any atom is -0.652 e. The molecule has 0 aromatic carbocycles. The van der Waals surface area contributed by atoms with Crippen molar-refractivity contribution in [1.29, 1.82) is 0 Å². The van der Waals surface area contributed by atoms with Gasteiger partial charge in [-0.25, -0.2) is 0 Å². The Morgan fingerprint density at radius 1 is 0.500 bits per heavy atom. The highest BCUT2D eigenvalue weighted by Crippen LogP contribution is 2.23. The van der Waals surface area contributed by atoms with Gasteiger partial charge >= 0.3 is 0 Å². The standard InChI is InChI=1S/2C10H24NO3.CH2O3/c2*1-8(12-5)11(4,9(2)13-6)10(3)14-7;2-1(3)4/h2*8-10H,1-7H3;(H2,2,3,4)/q2*+1;/p-2. The van der Waals surface area contributed by atoms with Crippen molar-refractivity contribution >= 4 is 6.16 Å². The molecule has 6 atom stereocenters. The van der Waals surface area contributed by atoms with Crippen LogP contribution < -0.4 is 10.2 Å². The van der Waals surface area contributed by atoms with E-state index in [0.29, 0.717) is 8.97 Å². The third kappa shape index (κ3) is 10.3. The van der Waals surface area contributed by atoms with Gasteiger partial charge in [0.2, 0.25) is 0 Å². The van der Waals surface area contributed by atoms with E-state index in [1.54, 1.807) is 42.7 Å². The van der Waals surface area contributed by atoms with Gasteiger partial charge < -0.3 is 43.4 Å². The Morgan fingerprint density at radius 3 is 0.656 bits per heavy atom. The SMILES string of the molecule is COC(C)[N+](C)(C(C)OC)C(C)OC.COC(C)[N+](C)(C(C)OC)C(C)OC.O=C([O-])[O-]. The summed E-state index contributed by atoms with van der Waals surface area (Å²) >= 11 is 0. The molecule has 0 spiro atoms. The van der Waals surface area contributed by atoms with E-state index < -0.39 is 6.16 Å². The van der Waals surface area contributed by atoms with Gasteiger partial charge in [0.05, 0.1) is 14.1 Å². The Labute approximate surface area is 194 Å². The van der Waals surface area contributed by atoms with Crippen molar-refractivity contribution in [3.63, 3.8) is 0 Å². The molecule has 6 unspecified atom stereocenters. The molecule has 0 aromatic heterocycles. The predicted molar refractivity (Wildman–Crippen MR) is 117 cm³/mol. The highest BCUT2D eigenvalue weighted by Gasteiger charge is 2.42. The molecular weight excluding hydrogens is 424 g/mol. The number of rotatable bonds is 12. The first-order valence-electron chi connectivity index (χ1n) is 10.4. The lowest BCUT2D eigenvalue weighted by molar-refractivity contribution is -1.03. The predicted octanol–water partition coefficient (Wildman–Crippen LogP) is 0.373. The lowest BCUT2D eigenvalue weighted by atomic mass is 10.3. The van der Waals surface area contributed by atoms with Crippen LogP contribution in [-0.2, 0) is 28.4 Å². The maximum absolute atomic E-state index is 8.33. The molecule has 0 fully saturated rings. The molecule has 11 nitrogen and oxygen atoms in total. The summed E-state index contributed by atoms with van der Waals surface area (Å²) in [7, 11) is 14.3. The van der Waals surface area contributed by atoms with E-state index in [9.17, 15) is 0 Å². The fraction of sp³-hybridized carbons (Fsp3) is 0.952. The van der Waals surface area contributed by atoms with Crippen molar-refractivity contribution in [2.24, 2.45) is 0 Å². The highest BCUT2D eigenvalue weighted by molar-refractivity contribution is 5.47. The van der Waals surface area contributed by atoms with Crippen molar-refractivity contribution < 1.29 is 52.4 Å². The lowest BCUT2D eigenvalue weighted by Crippen LogP contribution is -2.63. The normalized spacial score (nSPS) is 20.4. The molecular formula is C21H48N2O9. The lowest BCUT2D eigenvalue weighted by Gasteiger charge is -2.45. The van der Waals surface area contributed by atoms with Crippen molar-refractivity contribution in [3.05, 3.63) is 0 Å². The second-order valence-corrected chi connectivity index (χ2v) is 7.70. The maximum atomic E-state index is 8.33. The van der Waals surface area contributed by atoms with Gasteiger partial charge in [0.15, 0.2) is 37.4 Å². The van der Waals surface area contributed by atoms with Gasteiger partial charge in [0.25, 0.3) is 0 Å². The molecule has 0 aliphatic heterocycles. The largest absolute Gasteiger partial charge is 0.652 e. The smallest absolute Gasteiger partial charge is 0.193 e. The Bertz CT molecular complexity index is 389.